The second-order valence-corrected chi connectivity index (χ2v) is 15.3. The van der Waals surface area contributed by atoms with Crippen molar-refractivity contribution in [1.29, 1.82) is 0 Å². The molecule has 0 saturated heterocycles. The number of hydrogen-bond acceptors (Lipinski definition) is 1. The summed E-state index contributed by atoms with van der Waals surface area (Å²) < 4.78 is 2.43. The van der Waals surface area contributed by atoms with Gasteiger partial charge in [0.05, 0.1) is 11.0 Å². The summed E-state index contributed by atoms with van der Waals surface area (Å²) in [7, 11) is 0. The number of hydrogen-bond donors (Lipinski definition) is 0. The van der Waals surface area contributed by atoms with E-state index in [0.29, 0.717) is 0 Å². The molecule has 0 amide bonds. The van der Waals surface area contributed by atoms with Crippen molar-refractivity contribution in [2.24, 2.45) is 0 Å². The molecule has 10 aromatic carbocycles. The van der Waals surface area contributed by atoms with Gasteiger partial charge in [0.25, 0.3) is 0 Å². The van der Waals surface area contributed by atoms with Crippen LogP contribution in [0.15, 0.2) is 243 Å². The smallest absolute Gasteiger partial charge is 0.0619 e. The molecule has 1 heterocycles. The molecule has 1 aromatic heterocycles. The van der Waals surface area contributed by atoms with Gasteiger partial charge in [-0.3, -0.25) is 0 Å². The van der Waals surface area contributed by atoms with Crippen molar-refractivity contribution in [2.45, 2.75) is 0 Å². The van der Waals surface area contributed by atoms with Crippen molar-refractivity contribution in [3.05, 3.63) is 243 Å². The van der Waals surface area contributed by atoms with Crippen LogP contribution in [0.5, 0.6) is 0 Å². The van der Waals surface area contributed by atoms with Crippen LogP contribution in [0.25, 0.3) is 82.8 Å². The Hall–Kier alpha value is -7.94. The highest BCUT2D eigenvalue weighted by molar-refractivity contribution is 6.18. The highest BCUT2D eigenvalue weighted by Crippen LogP contribution is 2.41. The summed E-state index contributed by atoms with van der Waals surface area (Å²) >= 11 is 0. The molecule has 0 bridgehead atoms. The van der Waals surface area contributed by atoms with Crippen LogP contribution >= 0.6 is 0 Å². The lowest BCUT2D eigenvalue weighted by atomic mass is 9.94. The van der Waals surface area contributed by atoms with E-state index < -0.39 is 0 Å². The van der Waals surface area contributed by atoms with Gasteiger partial charge in [-0.2, -0.15) is 0 Å². The monoisotopic (exact) mass is 764 g/mol. The van der Waals surface area contributed by atoms with E-state index in [9.17, 15) is 0 Å². The molecule has 0 aliphatic rings. The standard InChI is InChI=1S/C58H40N2/c1-3-13-41(14-4-1)43-23-32-48(33-24-43)59(49-34-25-44(26-35-49)42-15-5-2-6-16-42)50-36-27-46(28-37-50)52-18-9-10-19-53(52)47-29-38-51(39-30-47)60-57-22-12-11-21-55(57)56-40-31-45-17-7-8-20-54(45)58(56)60/h1-40H. The number of fused-ring (bicyclic) bond motifs is 5. The molecule has 0 aliphatic carbocycles. The average Bonchev–Trinajstić information content (AvgIpc) is 3.68. The number of rotatable bonds is 8. The Morgan fingerprint density at radius 2 is 0.683 bits per heavy atom. The van der Waals surface area contributed by atoms with Gasteiger partial charge in [0.1, 0.15) is 0 Å². The molecule has 11 aromatic rings. The molecule has 11 rings (SSSR count). The molecule has 0 fully saturated rings. The summed E-state index contributed by atoms with van der Waals surface area (Å²) in [5.41, 5.74) is 16.5. The van der Waals surface area contributed by atoms with Crippen molar-refractivity contribution in [3.63, 3.8) is 0 Å². The molecule has 0 radical (unpaired) electrons. The van der Waals surface area contributed by atoms with E-state index >= 15 is 0 Å². The van der Waals surface area contributed by atoms with E-state index in [2.05, 4.69) is 252 Å². The normalized spacial score (nSPS) is 11.3. The zero-order valence-electron chi connectivity index (χ0n) is 33.0. The lowest BCUT2D eigenvalue weighted by molar-refractivity contribution is 1.19. The molecular formula is C58H40N2. The van der Waals surface area contributed by atoms with Crippen LogP contribution in [0, 0.1) is 0 Å². The number of benzene rings is 10. The van der Waals surface area contributed by atoms with Crippen LogP contribution in [0.4, 0.5) is 17.1 Å². The summed E-state index contributed by atoms with van der Waals surface area (Å²) in [5.74, 6) is 0. The van der Waals surface area contributed by atoms with E-state index in [0.717, 1.165) is 22.7 Å². The fraction of sp³-hybridized carbons (Fsp3) is 0. The predicted octanol–water partition coefficient (Wildman–Crippen LogP) is 16.1. The molecule has 282 valence electrons. The summed E-state index contributed by atoms with van der Waals surface area (Å²) in [5, 5.41) is 5.05. The van der Waals surface area contributed by atoms with Crippen molar-refractivity contribution in [1.82, 2.24) is 4.57 Å². The summed E-state index contributed by atoms with van der Waals surface area (Å²) in [4.78, 5) is 2.34. The maximum Gasteiger partial charge on any atom is 0.0619 e. The Labute approximate surface area is 350 Å². The van der Waals surface area contributed by atoms with Gasteiger partial charge in [-0.05, 0) is 104 Å². The zero-order chi connectivity index (χ0) is 39.8. The fourth-order valence-corrected chi connectivity index (χ4v) is 8.88. The van der Waals surface area contributed by atoms with Crippen molar-refractivity contribution in [2.75, 3.05) is 4.90 Å². The Morgan fingerprint density at radius 3 is 1.23 bits per heavy atom. The maximum atomic E-state index is 2.43. The van der Waals surface area contributed by atoms with E-state index in [-0.39, 0.29) is 0 Å². The van der Waals surface area contributed by atoms with E-state index in [4.69, 9.17) is 0 Å². The molecule has 60 heavy (non-hydrogen) atoms. The second-order valence-electron chi connectivity index (χ2n) is 15.3. The molecule has 0 N–H and O–H groups in total. The third-order valence-corrected chi connectivity index (χ3v) is 11.8. The number of para-hydroxylation sites is 1. The summed E-state index contributed by atoms with van der Waals surface area (Å²) in [6.45, 7) is 0. The molecule has 0 aliphatic heterocycles. The van der Waals surface area contributed by atoms with Gasteiger partial charge in [0, 0.05) is 38.9 Å². The van der Waals surface area contributed by atoms with Crippen LogP contribution in [0.1, 0.15) is 0 Å². The van der Waals surface area contributed by atoms with Gasteiger partial charge in [0.2, 0.25) is 0 Å². The minimum Gasteiger partial charge on any atom is -0.311 e. The first-order valence-electron chi connectivity index (χ1n) is 20.6. The Kier molecular flexibility index (Phi) is 8.87. The minimum atomic E-state index is 1.10. The topological polar surface area (TPSA) is 8.17 Å². The van der Waals surface area contributed by atoms with E-state index in [1.807, 2.05) is 0 Å². The third kappa shape index (κ3) is 6.32. The first kappa shape index (κ1) is 35.2. The van der Waals surface area contributed by atoms with Crippen LogP contribution in [-0.2, 0) is 0 Å². The first-order chi connectivity index (χ1) is 29.8. The number of nitrogens with zero attached hydrogens (tertiary/aromatic N) is 2. The molecule has 0 atom stereocenters. The van der Waals surface area contributed by atoms with Gasteiger partial charge < -0.3 is 9.47 Å². The molecule has 2 heteroatoms. The molecule has 0 spiro atoms. The Bertz CT molecular complexity index is 3170. The number of anilines is 3. The molecule has 0 saturated carbocycles. The van der Waals surface area contributed by atoms with Gasteiger partial charge >= 0.3 is 0 Å². The summed E-state index contributed by atoms with van der Waals surface area (Å²) in [6.07, 6.45) is 0. The van der Waals surface area contributed by atoms with Gasteiger partial charge in [-0.15, -0.1) is 0 Å². The van der Waals surface area contributed by atoms with Crippen LogP contribution in [0.3, 0.4) is 0 Å². The van der Waals surface area contributed by atoms with Crippen molar-refractivity contribution >= 4 is 49.6 Å². The summed E-state index contributed by atoms with van der Waals surface area (Å²) in [6, 6.07) is 87.7. The first-order valence-corrected chi connectivity index (χ1v) is 20.6. The van der Waals surface area contributed by atoms with Crippen molar-refractivity contribution < 1.29 is 0 Å². The minimum absolute atomic E-state index is 1.10. The number of aromatic nitrogens is 1. The quantitative estimate of drug-likeness (QED) is 0.150. The maximum absolute atomic E-state index is 2.43. The van der Waals surface area contributed by atoms with Gasteiger partial charge in [-0.1, -0.05) is 188 Å². The Morgan fingerprint density at radius 1 is 0.267 bits per heavy atom. The zero-order valence-corrected chi connectivity index (χ0v) is 33.0. The SMILES string of the molecule is c1ccc(-c2ccc(N(c3ccc(-c4ccccc4)cc3)c3ccc(-c4ccccc4-c4ccc(-n5c6ccccc6c6ccc7ccccc7c65)cc4)cc3)cc2)cc1. The van der Waals surface area contributed by atoms with Crippen LogP contribution in [0.2, 0.25) is 0 Å². The van der Waals surface area contributed by atoms with Crippen LogP contribution in [-0.4, -0.2) is 4.57 Å². The van der Waals surface area contributed by atoms with Gasteiger partial charge in [0.15, 0.2) is 0 Å². The predicted molar refractivity (Wildman–Crippen MR) is 255 cm³/mol. The second kappa shape index (κ2) is 15.1. The third-order valence-electron chi connectivity index (χ3n) is 11.8. The Balaban J connectivity index is 0.950. The van der Waals surface area contributed by atoms with E-state index in [1.165, 1.54) is 77.1 Å². The lowest BCUT2D eigenvalue weighted by Gasteiger charge is -2.26. The molecule has 2 nitrogen and oxygen atoms in total. The van der Waals surface area contributed by atoms with Gasteiger partial charge in [-0.25, -0.2) is 0 Å². The lowest BCUT2D eigenvalue weighted by Crippen LogP contribution is -2.09. The van der Waals surface area contributed by atoms with Crippen LogP contribution < -0.4 is 4.90 Å². The van der Waals surface area contributed by atoms with Crippen molar-refractivity contribution in [3.8, 4) is 50.2 Å². The highest BCUT2D eigenvalue weighted by atomic mass is 15.1. The van der Waals surface area contributed by atoms with E-state index in [1.54, 1.807) is 0 Å². The molecular weight excluding hydrogens is 725 g/mol. The molecule has 0 unspecified atom stereocenters. The average molecular weight is 765 g/mol. The fourth-order valence-electron chi connectivity index (χ4n) is 8.88. The highest BCUT2D eigenvalue weighted by Gasteiger charge is 2.17. The largest absolute Gasteiger partial charge is 0.311 e.